The summed E-state index contributed by atoms with van der Waals surface area (Å²) < 4.78 is 0. The Kier molecular flexibility index (Phi) is 5.11. The lowest BCUT2D eigenvalue weighted by molar-refractivity contribution is -0.124. The van der Waals surface area contributed by atoms with Gasteiger partial charge in [-0.15, -0.1) is 0 Å². The fraction of sp³-hybridized carbons (Fsp3) is 0.200. The highest BCUT2D eigenvalue weighted by Crippen LogP contribution is 2.20. The number of hydrogen-bond donors (Lipinski definition) is 0. The van der Waals surface area contributed by atoms with Gasteiger partial charge in [-0.3, -0.25) is 9.59 Å². The molecule has 0 aliphatic carbocycles. The number of carbonyl (C=O) groups is 2. The number of likely N-dealkylation sites (N-methyl/N-ethyl adjacent to an activating group) is 1. The number of carbonyl (C=O) groups excluding carboxylic acids is 2. The van der Waals surface area contributed by atoms with Gasteiger partial charge in [-0.2, -0.15) is 0 Å². The van der Waals surface area contributed by atoms with Crippen molar-refractivity contribution < 1.29 is 9.59 Å². The molecule has 0 spiro atoms. The van der Waals surface area contributed by atoms with Crippen LogP contribution in [0.3, 0.4) is 0 Å². The van der Waals surface area contributed by atoms with Crippen molar-refractivity contribution >= 4 is 34.9 Å². The molecule has 0 bridgehead atoms. The summed E-state index contributed by atoms with van der Waals surface area (Å²) in [5.41, 5.74) is 1.48. The molecule has 0 N–H and O–H groups in total. The molecule has 0 atom stereocenters. The van der Waals surface area contributed by atoms with E-state index < -0.39 is 11.7 Å². The minimum Gasteiger partial charge on any atom is -0.342 e. The molecular weight excluding hydrogens is 325 g/mol. The zero-order valence-electron chi connectivity index (χ0n) is 12.0. The summed E-state index contributed by atoms with van der Waals surface area (Å²) in [5.74, 6) is -1.16. The third-order valence-electron chi connectivity index (χ3n) is 3.01. The van der Waals surface area contributed by atoms with E-state index in [1.54, 1.807) is 24.3 Å². The van der Waals surface area contributed by atoms with E-state index in [1.165, 1.54) is 25.2 Å². The van der Waals surface area contributed by atoms with E-state index in [9.17, 15) is 9.59 Å². The molecule has 5 nitrogen and oxygen atoms in total. The highest BCUT2D eigenvalue weighted by Gasteiger charge is 2.21. The number of amides is 1. The summed E-state index contributed by atoms with van der Waals surface area (Å²) in [6.45, 7) is 0. The maximum Gasteiger partial charge on any atom is 0.294 e. The zero-order valence-corrected chi connectivity index (χ0v) is 13.5. The van der Waals surface area contributed by atoms with Crippen LogP contribution in [0.1, 0.15) is 21.6 Å². The normalized spacial score (nSPS) is 10.4. The van der Waals surface area contributed by atoms with Crippen LogP contribution in [0.4, 0.5) is 0 Å². The van der Waals surface area contributed by atoms with E-state index >= 15 is 0 Å². The van der Waals surface area contributed by atoms with Gasteiger partial charge in [0.1, 0.15) is 0 Å². The third kappa shape index (κ3) is 3.61. The second-order valence-electron chi connectivity index (χ2n) is 4.80. The first-order chi connectivity index (χ1) is 10.4. The molecule has 7 heteroatoms. The topological polar surface area (TPSA) is 63.2 Å². The Morgan fingerprint density at radius 3 is 2.55 bits per heavy atom. The smallest absolute Gasteiger partial charge is 0.294 e. The Balaban J connectivity index is 2.39. The Bertz CT molecular complexity index is 732. The molecule has 0 radical (unpaired) electrons. The predicted molar refractivity (Wildman–Crippen MR) is 84.3 cm³/mol. The number of rotatable bonds is 4. The van der Waals surface area contributed by atoms with Crippen LogP contribution in [0.2, 0.25) is 10.3 Å². The lowest BCUT2D eigenvalue weighted by atomic mass is 9.99. The molecule has 1 amide bonds. The molecule has 22 heavy (non-hydrogen) atoms. The van der Waals surface area contributed by atoms with Gasteiger partial charge in [0, 0.05) is 26.1 Å². The van der Waals surface area contributed by atoms with Gasteiger partial charge in [0.15, 0.2) is 0 Å². The lowest BCUT2D eigenvalue weighted by Crippen LogP contribution is -2.30. The number of benzene rings is 1. The van der Waals surface area contributed by atoms with Gasteiger partial charge in [0.25, 0.3) is 11.7 Å². The molecule has 2 aromatic rings. The summed E-state index contributed by atoms with van der Waals surface area (Å²) in [6.07, 6.45) is 1.69. The van der Waals surface area contributed by atoms with E-state index in [4.69, 9.17) is 23.2 Å². The largest absolute Gasteiger partial charge is 0.342 e. The van der Waals surface area contributed by atoms with Crippen molar-refractivity contribution in [1.82, 2.24) is 14.9 Å². The quantitative estimate of drug-likeness (QED) is 0.488. The molecular formula is C15H13Cl2N3O2. The first-order valence-corrected chi connectivity index (χ1v) is 7.16. The molecule has 0 unspecified atom stereocenters. The Hall–Kier alpha value is -1.98. The minimum atomic E-state index is -0.584. The molecule has 0 aliphatic rings. The van der Waals surface area contributed by atoms with Crippen molar-refractivity contribution in [3.8, 4) is 0 Å². The third-order valence-corrected chi connectivity index (χ3v) is 3.51. The van der Waals surface area contributed by atoms with E-state index in [2.05, 4.69) is 9.97 Å². The first-order valence-electron chi connectivity index (χ1n) is 6.41. The van der Waals surface area contributed by atoms with Crippen LogP contribution in [0, 0.1) is 0 Å². The maximum absolute atomic E-state index is 12.3. The van der Waals surface area contributed by atoms with Crippen molar-refractivity contribution in [1.29, 1.82) is 0 Å². The van der Waals surface area contributed by atoms with Crippen LogP contribution in [-0.4, -0.2) is 40.7 Å². The highest BCUT2D eigenvalue weighted by molar-refractivity contribution is 6.43. The van der Waals surface area contributed by atoms with Gasteiger partial charge in [0.2, 0.25) is 5.28 Å². The molecule has 0 fully saturated rings. The molecule has 0 saturated heterocycles. The molecule has 2 rings (SSSR count). The number of aromatic nitrogens is 2. The average molecular weight is 338 g/mol. The van der Waals surface area contributed by atoms with Crippen molar-refractivity contribution in [2.24, 2.45) is 0 Å². The number of halogens is 2. The second-order valence-corrected chi connectivity index (χ2v) is 5.54. The second kappa shape index (κ2) is 6.85. The maximum atomic E-state index is 12.3. The summed E-state index contributed by atoms with van der Waals surface area (Å²) in [7, 11) is 3.06. The zero-order chi connectivity index (χ0) is 16.3. The summed E-state index contributed by atoms with van der Waals surface area (Å²) in [4.78, 5) is 33.2. The van der Waals surface area contributed by atoms with Crippen molar-refractivity contribution in [3.63, 3.8) is 0 Å². The van der Waals surface area contributed by atoms with Crippen LogP contribution in [0.5, 0.6) is 0 Å². The Morgan fingerprint density at radius 1 is 1.18 bits per heavy atom. The standard InChI is InChI=1S/C15H13Cl2N3O2/c1-20(2)14(22)13(21)10-6-4-3-5-9(10)7-12-11(16)8-18-15(17)19-12/h3-6,8H,7H2,1-2H3. The van der Waals surface area contributed by atoms with Gasteiger partial charge >= 0.3 is 0 Å². The molecule has 0 saturated carbocycles. The molecule has 1 heterocycles. The average Bonchev–Trinajstić information content (AvgIpc) is 2.50. The van der Waals surface area contributed by atoms with Crippen LogP contribution in [0.15, 0.2) is 30.5 Å². The van der Waals surface area contributed by atoms with Gasteiger partial charge in [0.05, 0.1) is 16.9 Å². The lowest BCUT2D eigenvalue weighted by Gasteiger charge is -2.12. The SMILES string of the molecule is CN(C)C(=O)C(=O)c1ccccc1Cc1nc(Cl)ncc1Cl. The Morgan fingerprint density at radius 2 is 1.86 bits per heavy atom. The minimum absolute atomic E-state index is 0.0765. The van der Waals surface area contributed by atoms with Gasteiger partial charge in [-0.05, 0) is 17.2 Å². The van der Waals surface area contributed by atoms with Gasteiger partial charge in [-0.1, -0.05) is 35.9 Å². The highest BCUT2D eigenvalue weighted by atomic mass is 35.5. The van der Waals surface area contributed by atoms with E-state index in [-0.39, 0.29) is 11.7 Å². The van der Waals surface area contributed by atoms with E-state index in [0.29, 0.717) is 21.8 Å². The number of Topliss-reactive ketones (excluding diaryl/α,β-unsaturated/α-hetero) is 1. The number of hydrogen-bond acceptors (Lipinski definition) is 4. The first kappa shape index (κ1) is 16.4. The van der Waals surface area contributed by atoms with Crippen molar-refractivity contribution in [3.05, 3.63) is 57.6 Å². The van der Waals surface area contributed by atoms with Crippen LogP contribution in [-0.2, 0) is 11.2 Å². The fourth-order valence-electron chi connectivity index (χ4n) is 1.90. The van der Waals surface area contributed by atoms with E-state index in [0.717, 1.165) is 0 Å². The summed E-state index contributed by atoms with van der Waals surface area (Å²) in [6, 6.07) is 6.84. The van der Waals surface area contributed by atoms with E-state index in [1.807, 2.05) is 0 Å². The number of nitrogens with zero attached hydrogens (tertiary/aromatic N) is 3. The number of ketones is 1. The van der Waals surface area contributed by atoms with Crippen molar-refractivity contribution in [2.75, 3.05) is 14.1 Å². The fourth-order valence-corrected chi connectivity index (χ4v) is 2.21. The molecule has 114 valence electrons. The predicted octanol–water partition coefficient (Wildman–Crippen LogP) is 2.65. The summed E-state index contributed by atoms with van der Waals surface area (Å²) >= 11 is 11.8. The van der Waals surface area contributed by atoms with Gasteiger partial charge < -0.3 is 4.90 Å². The van der Waals surface area contributed by atoms with Crippen LogP contribution in [0.25, 0.3) is 0 Å². The van der Waals surface area contributed by atoms with Gasteiger partial charge in [-0.25, -0.2) is 9.97 Å². The van der Waals surface area contributed by atoms with Crippen molar-refractivity contribution in [2.45, 2.75) is 6.42 Å². The van der Waals surface area contributed by atoms with Crippen LogP contribution < -0.4 is 0 Å². The summed E-state index contributed by atoms with van der Waals surface area (Å²) in [5, 5.41) is 0.429. The molecule has 1 aromatic carbocycles. The Labute approximate surface area is 137 Å². The monoisotopic (exact) mass is 337 g/mol. The molecule has 1 aromatic heterocycles. The molecule has 0 aliphatic heterocycles. The van der Waals surface area contributed by atoms with Crippen LogP contribution >= 0.6 is 23.2 Å².